The standard InChI is InChI=1S/C17H20N4O2.ClH/c22-16(20-14-2-3-15-13(12-14)4-11-23-15)17(5-8-18-9-6-17)21-10-1-7-19-21;/h1-3,7,10,12,18H,4-6,8-9,11H2,(H,20,22);1H. The highest BCUT2D eigenvalue weighted by Crippen LogP contribution is 2.31. The molecule has 7 heteroatoms. The van der Waals surface area contributed by atoms with Gasteiger partial charge in [-0.1, -0.05) is 0 Å². The molecular formula is C17H21ClN4O2. The maximum Gasteiger partial charge on any atom is 0.252 e. The highest BCUT2D eigenvalue weighted by Gasteiger charge is 2.42. The molecule has 1 saturated heterocycles. The second kappa shape index (κ2) is 6.83. The molecule has 1 amide bonds. The van der Waals surface area contributed by atoms with Crippen LogP contribution in [0.3, 0.4) is 0 Å². The number of rotatable bonds is 3. The SMILES string of the molecule is Cl.O=C(Nc1ccc2c(c1)CCO2)C1(n2cccn2)CCNCC1. The van der Waals surface area contributed by atoms with Crippen molar-refractivity contribution in [1.82, 2.24) is 15.1 Å². The molecule has 24 heavy (non-hydrogen) atoms. The molecule has 2 aromatic rings. The van der Waals surface area contributed by atoms with E-state index < -0.39 is 5.54 Å². The third kappa shape index (κ3) is 2.87. The molecule has 3 heterocycles. The average molecular weight is 349 g/mol. The summed E-state index contributed by atoms with van der Waals surface area (Å²) < 4.78 is 7.32. The van der Waals surface area contributed by atoms with Crippen LogP contribution in [0.4, 0.5) is 5.69 Å². The fourth-order valence-corrected chi connectivity index (χ4v) is 3.43. The first-order valence-corrected chi connectivity index (χ1v) is 8.06. The minimum absolute atomic E-state index is 0. The van der Waals surface area contributed by atoms with Gasteiger partial charge in [-0.25, -0.2) is 0 Å². The number of amides is 1. The molecule has 2 aliphatic rings. The number of anilines is 1. The van der Waals surface area contributed by atoms with Gasteiger partial charge in [0.05, 0.1) is 6.61 Å². The molecule has 0 unspecified atom stereocenters. The lowest BCUT2D eigenvalue weighted by Crippen LogP contribution is -2.52. The molecule has 0 spiro atoms. The van der Waals surface area contributed by atoms with E-state index in [0.717, 1.165) is 56.0 Å². The van der Waals surface area contributed by atoms with Crippen molar-refractivity contribution in [3.63, 3.8) is 0 Å². The Kier molecular flexibility index (Phi) is 4.78. The summed E-state index contributed by atoms with van der Waals surface area (Å²) >= 11 is 0. The summed E-state index contributed by atoms with van der Waals surface area (Å²) in [4.78, 5) is 13.1. The molecule has 0 atom stereocenters. The fraction of sp³-hybridized carbons (Fsp3) is 0.412. The van der Waals surface area contributed by atoms with Gasteiger partial charge in [0.25, 0.3) is 5.91 Å². The van der Waals surface area contributed by atoms with Crippen molar-refractivity contribution >= 4 is 24.0 Å². The van der Waals surface area contributed by atoms with E-state index in [1.165, 1.54) is 0 Å². The topological polar surface area (TPSA) is 68.2 Å². The summed E-state index contributed by atoms with van der Waals surface area (Å²) in [5, 5.41) is 10.7. The van der Waals surface area contributed by atoms with Crippen molar-refractivity contribution < 1.29 is 9.53 Å². The molecule has 1 fully saturated rings. The highest BCUT2D eigenvalue weighted by molar-refractivity contribution is 5.97. The number of carbonyl (C=O) groups excluding carboxylic acids is 1. The van der Waals surface area contributed by atoms with Crippen LogP contribution in [0.15, 0.2) is 36.7 Å². The van der Waals surface area contributed by atoms with Gasteiger partial charge in [-0.3, -0.25) is 9.48 Å². The average Bonchev–Trinajstić information content (AvgIpc) is 3.27. The molecule has 6 nitrogen and oxygen atoms in total. The number of benzene rings is 1. The van der Waals surface area contributed by atoms with Crippen LogP contribution in [0.25, 0.3) is 0 Å². The Bertz CT molecular complexity index is 711. The van der Waals surface area contributed by atoms with E-state index >= 15 is 0 Å². The maximum absolute atomic E-state index is 13.1. The number of ether oxygens (including phenoxy) is 1. The zero-order valence-electron chi connectivity index (χ0n) is 13.3. The van der Waals surface area contributed by atoms with E-state index in [1.54, 1.807) is 10.9 Å². The van der Waals surface area contributed by atoms with Gasteiger partial charge < -0.3 is 15.4 Å². The third-order valence-corrected chi connectivity index (χ3v) is 4.74. The Morgan fingerprint density at radius 1 is 1.33 bits per heavy atom. The van der Waals surface area contributed by atoms with Gasteiger partial charge in [0.15, 0.2) is 0 Å². The lowest BCUT2D eigenvalue weighted by molar-refractivity contribution is -0.126. The van der Waals surface area contributed by atoms with Gasteiger partial charge in [0.1, 0.15) is 11.3 Å². The van der Waals surface area contributed by atoms with Crippen LogP contribution in [0.5, 0.6) is 5.75 Å². The predicted octanol–water partition coefficient (Wildman–Crippen LogP) is 1.96. The van der Waals surface area contributed by atoms with Crippen LogP contribution in [-0.2, 0) is 16.8 Å². The van der Waals surface area contributed by atoms with E-state index in [4.69, 9.17) is 4.74 Å². The summed E-state index contributed by atoms with van der Waals surface area (Å²) in [6.45, 7) is 2.34. The molecule has 0 bridgehead atoms. The number of fused-ring (bicyclic) bond motifs is 1. The lowest BCUT2D eigenvalue weighted by Gasteiger charge is -2.36. The summed E-state index contributed by atoms with van der Waals surface area (Å²) in [7, 11) is 0. The largest absolute Gasteiger partial charge is 0.493 e. The van der Waals surface area contributed by atoms with Crippen molar-refractivity contribution in [2.24, 2.45) is 0 Å². The van der Waals surface area contributed by atoms with Gasteiger partial charge >= 0.3 is 0 Å². The van der Waals surface area contributed by atoms with Gasteiger partial charge in [0.2, 0.25) is 0 Å². The number of hydrogen-bond donors (Lipinski definition) is 2. The molecule has 4 rings (SSSR count). The molecule has 128 valence electrons. The second-order valence-corrected chi connectivity index (χ2v) is 6.11. The molecule has 0 saturated carbocycles. The Morgan fingerprint density at radius 3 is 2.92 bits per heavy atom. The van der Waals surface area contributed by atoms with Crippen molar-refractivity contribution in [3.8, 4) is 5.75 Å². The lowest BCUT2D eigenvalue weighted by atomic mass is 9.87. The quantitative estimate of drug-likeness (QED) is 0.889. The molecule has 0 radical (unpaired) electrons. The summed E-state index contributed by atoms with van der Waals surface area (Å²) in [5.41, 5.74) is 1.36. The first kappa shape index (κ1) is 16.8. The van der Waals surface area contributed by atoms with E-state index in [-0.39, 0.29) is 18.3 Å². The van der Waals surface area contributed by atoms with Crippen molar-refractivity contribution in [3.05, 3.63) is 42.2 Å². The molecule has 1 aromatic heterocycles. The Morgan fingerprint density at radius 2 is 2.17 bits per heavy atom. The number of halogens is 1. The zero-order valence-corrected chi connectivity index (χ0v) is 14.1. The Balaban J connectivity index is 0.00000169. The summed E-state index contributed by atoms with van der Waals surface area (Å²) in [5.74, 6) is 0.924. The van der Waals surface area contributed by atoms with Gasteiger partial charge in [-0.15, -0.1) is 12.4 Å². The zero-order chi connectivity index (χ0) is 15.7. The Labute approximate surface area is 147 Å². The van der Waals surface area contributed by atoms with E-state index in [0.29, 0.717) is 0 Å². The van der Waals surface area contributed by atoms with Crippen molar-refractivity contribution in [2.75, 3.05) is 25.0 Å². The first-order chi connectivity index (χ1) is 11.3. The normalized spacial score (nSPS) is 18.2. The van der Waals surface area contributed by atoms with Crippen LogP contribution in [0.2, 0.25) is 0 Å². The summed E-state index contributed by atoms with van der Waals surface area (Å²) in [6.07, 6.45) is 5.96. The molecular weight excluding hydrogens is 328 g/mol. The van der Waals surface area contributed by atoms with Gasteiger partial charge in [-0.2, -0.15) is 5.10 Å². The number of nitrogens with one attached hydrogen (secondary N) is 2. The van der Waals surface area contributed by atoms with Crippen LogP contribution in [0.1, 0.15) is 18.4 Å². The number of piperidine rings is 1. The van der Waals surface area contributed by atoms with Crippen LogP contribution in [-0.4, -0.2) is 35.4 Å². The number of hydrogen-bond acceptors (Lipinski definition) is 4. The van der Waals surface area contributed by atoms with Gasteiger partial charge in [-0.05, 0) is 55.8 Å². The monoisotopic (exact) mass is 348 g/mol. The number of nitrogens with zero attached hydrogens (tertiary/aromatic N) is 2. The van der Waals surface area contributed by atoms with Gasteiger partial charge in [0, 0.05) is 24.5 Å². The Hall–Kier alpha value is -2.05. The van der Waals surface area contributed by atoms with E-state index in [2.05, 4.69) is 15.7 Å². The predicted molar refractivity (Wildman–Crippen MR) is 93.8 cm³/mol. The highest BCUT2D eigenvalue weighted by atomic mass is 35.5. The fourth-order valence-electron chi connectivity index (χ4n) is 3.43. The smallest absolute Gasteiger partial charge is 0.252 e. The number of carbonyl (C=O) groups is 1. The van der Waals surface area contributed by atoms with Crippen molar-refractivity contribution in [1.29, 1.82) is 0 Å². The number of aromatic nitrogens is 2. The molecule has 1 aromatic carbocycles. The molecule has 0 aliphatic carbocycles. The minimum atomic E-state index is -0.621. The van der Waals surface area contributed by atoms with Crippen LogP contribution >= 0.6 is 12.4 Å². The van der Waals surface area contributed by atoms with Crippen LogP contribution in [0, 0.1) is 0 Å². The van der Waals surface area contributed by atoms with Crippen LogP contribution < -0.4 is 15.4 Å². The molecule has 2 N–H and O–H groups in total. The second-order valence-electron chi connectivity index (χ2n) is 6.11. The van der Waals surface area contributed by atoms with Crippen molar-refractivity contribution in [2.45, 2.75) is 24.8 Å². The third-order valence-electron chi connectivity index (χ3n) is 4.74. The van der Waals surface area contributed by atoms with E-state index in [1.807, 2.05) is 30.5 Å². The molecule has 2 aliphatic heterocycles. The summed E-state index contributed by atoms with van der Waals surface area (Å²) in [6, 6.07) is 7.71. The first-order valence-electron chi connectivity index (χ1n) is 8.06. The van der Waals surface area contributed by atoms with E-state index in [9.17, 15) is 4.79 Å². The maximum atomic E-state index is 13.1. The minimum Gasteiger partial charge on any atom is -0.493 e.